The summed E-state index contributed by atoms with van der Waals surface area (Å²) in [6.07, 6.45) is 1.02. The minimum atomic E-state index is 0.243. The van der Waals surface area contributed by atoms with E-state index < -0.39 is 0 Å². The highest BCUT2D eigenvalue weighted by Crippen LogP contribution is 2.22. The SMILES string of the molecule is CC(Cl)CCN(C)Cc1nc2ccccc2s1. The van der Waals surface area contributed by atoms with Gasteiger partial charge in [-0.2, -0.15) is 0 Å². The van der Waals surface area contributed by atoms with Gasteiger partial charge in [-0.15, -0.1) is 22.9 Å². The van der Waals surface area contributed by atoms with Gasteiger partial charge < -0.3 is 0 Å². The molecule has 0 N–H and O–H groups in total. The van der Waals surface area contributed by atoms with Crippen molar-refractivity contribution in [1.82, 2.24) is 9.88 Å². The third-order valence-corrected chi connectivity index (χ3v) is 3.89. The summed E-state index contributed by atoms with van der Waals surface area (Å²) in [5.74, 6) is 0. The predicted octanol–water partition coefficient (Wildman–Crippen LogP) is 3.75. The van der Waals surface area contributed by atoms with Crippen molar-refractivity contribution < 1.29 is 0 Å². The number of rotatable bonds is 5. The van der Waals surface area contributed by atoms with Gasteiger partial charge in [0.1, 0.15) is 5.01 Å². The summed E-state index contributed by atoms with van der Waals surface area (Å²) >= 11 is 7.72. The van der Waals surface area contributed by atoms with E-state index in [1.807, 2.05) is 13.0 Å². The molecule has 1 atom stereocenters. The molecule has 0 amide bonds. The number of alkyl halides is 1. The van der Waals surface area contributed by atoms with Gasteiger partial charge in [-0.1, -0.05) is 12.1 Å². The van der Waals surface area contributed by atoms with Crippen LogP contribution in [0.3, 0.4) is 0 Å². The summed E-state index contributed by atoms with van der Waals surface area (Å²) in [5, 5.41) is 1.42. The zero-order valence-corrected chi connectivity index (χ0v) is 11.8. The summed E-state index contributed by atoms with van der Waals surface area (Å²) in [6.45, 7) is 3.95. The van der Waals surface area contributed by atoms with Gasteiger partial charge in [0.25, 0.3) is 0 Å². The van der Waals surface area contributed by atoms with E-state index in [2.05, 4.69) is 35.1 Å². The van der Waals surface area contributed by atoms with Crippen molar-refractivity contribution in [3.63, 3.8) is 0 Å². The van der Waals surface area contributed by atoms with Crippen molar-refractivity contribution in [3.05, 3.63) is 29.3 Å². The van der Waals surface area contributed by atoms with Crippen LogP contribution in [0.5, 0.6) is 0 Å². The zero-order valence-electron chi connectivity index (χ0n) is 10.2. The van der Waals surface area contributed by atoms with E-state index in [1.54, 1.807) is 11.3 Å². The molecule has 0 spiro atoms. The molecular weight excluding hydrogens is 252 g/mol. The van der Waals surface area contributed by atoms with E-state index in [1.165, 1.54) is 9.71 Å². The van der Waals surface area contributed by atoms with Crippen LogP contribution in [0.15, 0.2) is 24.3 Å². The number of hydrogen-bond acceptors (Lipinski definition) is 3. The van der Waals surface area contributed by atoms with Crippen LogP contribution in [-0.2, 0) is 6.54 Å². The number of thiazole rings is 1. The van der Waals surface area contributed by atoms with E-state index in [4.69, 9.17) is 11.6 Å². The standard InChI is InChI=1S/C13H17ClN2S/c1-10(14)7-8-16(2)9-13-15-11-5-3-4-6-12(11)17-13/h3-6,10H,7-9H2,1-2H3. The summed E-state index contributed by atoms with van der Waals surface area (Å²) < 4.78 is 1.27. The topological polar surface area (TPSA) is 16.1 Å². The lowest BCUT2D eigenvalue weighted by Gasteiger charge is -2.15. The molecule has 1 aromatic heterocycles. The van der Waals surface area contributed by atoms with Gasteiger partial charge in [0.2, 0.25) is 0 Å². The van der Waals surface area contributed by atoms with Crippen molar-refractivity contribution in [1.29, 1.82) is 0 Å². The molecule has 1 heterocycles. The maximum Gasteiger partial charge on any atom is 0.108 e. The van der Waals surface area contributed by atoms with Crippen LogP contribution in [0, 0.1) is 0 Å². The van der Waals surface area contributed by atoms with Crippen LogP contribution in [0.2, 0.25) is 0 Å². The lowest BCUT2D eigenvalue weighted by Crippen LogP contribution is -2.20. The Morgan fingerprint density at radius 2 is 2.18 bits per heavy atom. The molecule has 0 radical (unpaired) electrons. The fourth-order valence-electron chi connectivity index (χ4n) is 1.70. The third kappa shape index (κ3) is 3.66. The molecule has 0 fully saturated rings. The number of halogens is 1. The summed E-state index contributed by atoms with van der Waals surface area (Å²) in [7, 11) is 2.12. The Bertz CT molecular complexity index is 448. The van der Waals surface area contributed by atoms with Crippen LogP contribution in [0.25, 0.3) is 10.2 Å². The number of nitrogens with zero attached hydrogens (tertiary/aromatic N) is 2. The average Bonchev–Trinajstić information content (AvgIpc) is 2.68. The molecule has 2 rings (SSSR count). The molecule has 0 aliphatic carbocycles. The van der Waals surface area contributed by atoms with E-state index in [0.717, 1.165) is 25.0 Å². The normalized spacial score (nSPS) is 13.4. The Morgan fingerprint density at radius 1 is 1.41 bits per heavy atom. The van der Waals surface area contributed by atoms with E-state index in [-0.39, 0.29) is 5.38 Å². The number of benzene rings is 1. The summed E-state index contributed by atoms with van der Waals surface area (Å²) in [4.78, 5) is 6.90. The van der Waals surface area contributed by atoms with Gasteiger partial charge in [-0.05, 0) is 39.1 Å². The average molecular weight is 269 g/mol. The fraction of sp³-hybridized carbons (Fsp3) is 0.462. The van der Waals surface area contributed by atoms with Crippen molar-refractivity contribution in [2.24, 2.45) is 0 Å². The number of hydrogen-bond donors (Lipinski definition) is 0. The minimum absolute atomic E-state index is 0.243. The van der Waals surface area contributed by atoms with Crippen LogP contribution < -0.4 is 0 Å². The van der Waals surface area contributed by atoms with Crippen molar-refractivity contribution in [3.8, 4) is 0 Å². The molecule has 92 valence electrons. The van der Waals surface area contributed by atoms with E-state index in [0.29, 0.717) is 0 Å². The summed E-state index contributed by atoms with van der Waals surface area (Å²) in [6, 6.07) is 8.28. The second-order valence-electron chi connectivity index (χ2n) is 4.38. The number of para-hydroxylation sites is 1. The van der Waals surface area contributed by atoms with E-state index >= 15 is 0 Å². The second kappa shape index (κ2) is 5.80. The largest absolute Gasteiger partial charge is 0.300 e. The highest BCUT2D eigenvalue weighted by atomic mass is 35.5. The molecule has 0 saturated carbocycles. The first-order valence-electron chi connectivity index (χ1n) is 5.82. The molecule has 1 aromatic carbocycles. The molecule has 2 nitrogen and oxygen atoms in total. The molecule has 0 aliphatic rings. The maximum absolute atomic E-state index is 5.95. The first-order chi connectivity index (χ1) is 8.15. The maximum atomic E-state index is 5.95. The third-order valence-electron chi connectivity index (χ3n) is 2.65. The van der Waals surface area contributed by atoms with Crippen molar-refractivity contribution in [2.75, 3.05) is 13.6 Å². The fourth-order valence-corrected chi connectivity index (χ4v) is 2.84. The van der Waals surface area contributed by atoms with Gasteiger partial charge in [0, 0.05) is 5.38 Å². The Balaban J connectivity index is 1.98. The highest BCUT2D eigenvalue weighted by Gasteiger charge is 2.07. The van der Waals surface area contributed by atoms with Gasteiger partial charge in [-0.25, -0.2) is 4.98 Å². The first-order valence-corrected chi connectivity index (χ1v) is 7.07. The Labute approximate surface area is 111 Å². The van der Waals surface area contributed by atoms with Gasteiger partial charge >= 0.3 is 0 Å². The molecular formula is C13H17ClN2S. The molecule has 1 unspecified atom stereocenters. The quantitative estimate of drug-likeness (QED) is 0.768. The smallest absolute Gasteiger partial charge is 0.108 e. The van der Waals surface area contributed by atoms with Crippen LogP contribution in [-0.4, -0.2) is 28.9 Å². The van der Waals surface area contributed by atoms with Crippen molar-refractivity contribution in [2.45, 2.75) is 25.3 Å². The molecule has 0 saturated heterocycles. The van der Waals surface area contributed by atoms with Crippen molar-refractivity contribution >= 4 is 33.2 Å². The van der Waals surface area contributed by atoms with E-state index in [9.17, 15) is 0 Å². The highest BCUT2D eigenvalue weighted by molar-refractivity contribution is 7.18. The molecule has 4 heteroatoms. The predicted molar refractivity (Wildman–Crippen MR) is 75.9 cm³/mol. The molecule has 0 aliphatic heterocycles. The Hall–Kier alpha value is -0.640. The molecule has 0 bridgehead atoms. The van der Waals surface area contributed by atoms with Gasteiger partial charge in [0.05, 0.1) is 16.8 Å². The number of aromatic nitrogens is 1. The Morgan fingerprint density at radius 3 is 2.88 bits per heavy atom. The molecule has 17 heavy (non-hydrogen) atoms. The van der Waals surface area contributed by atoms with Gasteiger partial charge in [0.15, 0.2) is 0 Å². The second-order valence-corrected chi connectivity index (χ2v) is 6.24. The first kappa shape index (κ1) is 12.8. The number of fused-ring (bicyclic) bond motifs is 1. The lowest BCUT2D eigenvalue weighted by molar-refractivity contribution is 0.321. The zero-order chi connectivity index (χ0) is 12.3. The molecule has 2 aromatic rings. The van der Waals surface area contributed by atoms with Crippen LogP contribution in [0.4, 0.5) is 0 Å². The monoisotopic (exact) mass is 268 g/mol. The van der Waals surface area contributed by atoms with Crippen LogP contribution >= 0.6 is 22.9 Å². The Kier molecular flexibility index (Phi) is 4.37. The summed E-state index contributed by atoms with van der Waals surface area (Å²) in [5.41, 5.74) is 1.10. The minimum Gasteiger partial charge on any atom is -0.300 e. The lowest BCUT2D eigenvalue weighted by atomic mass is 10.3. The van der Waals surface area contributed by atoms with Crippen LogP contribution in [0.1, 0.15) is 18.4 Å². The van der Waals surface area contributed by atoms with Gasteiger partial charge in [-0.3, -0.25) is 4.90 Å².